The van der Waals surface area contributed by atoms with E-state index in [1.807, 2.05) is 0 Å². The average Bonchev–Trinajstić information content (AvgIpc) is 2.56. The summed E-state index contributed by atoms with van der Waals surface area (Å²) < 4.78 is 54.8. The van der Waals surface area contributed by atoms with E-state index in [4.69, 9.17) is 23.2 Å². The summed E-state index contributed by atoms with van der Waals surface area (Å²) in [5.74, 6) is -1.75. The second kappa shape index (κ2) is 8.98. The van der Waals surface area contributed by atoms with Gasteiger partial charge in [0.2, 0.25) is 0 Å². The molecule has 9 heteroatoms. The van der Waals surface area contributed by atoms with Gasteiger partial charge in [0.1, 0.15) is 5.82 Å². The zero-order chi connectivity index (χ0) is 21.2. The van der Waals surface area contributed by atoms with Gasteiger partial charge < -0.3 is 5.32 Å². The van der Waals surface area contributed by atoms with E-state index < -0.39 is 23.8 Å². The topological polar surface area (TPSA) is 29.1 Å². The van der Waals surface area contributed by atoms with Crippen LogP contribution in [0.1, 0.15) is 27.4 Å². The minimum Gasteiger partial charge on any atom is -0.348 e. The van der Waals surface area contributed by atoms with Gasteiger partial charge in [-0.25, -0.2) is 4.39 Å². The van der Waals surface area contributed by atoms with E-state index in [0.717, 1.165) is 29.7 Å². The van der Waals surface area contributed by atoms with Crippen LogP contribution < -0.4 is 5.32 Å². The van der Waals surface area contributed by atoms with Gasteiger partial charge in [-0.15, -0.1) is 0 Å². The van der Waals surface area contributed by atoms with E-state index in [-0.39, 0.29) is 32.8 Å². The Labute approximate surface area is 179 Å². The summed E-state index contributed by atoms with van der Waals surface area (Å²) in [6.07, 6.45) is -2.54. The van der Waals surface area contributed by atoms with Crippen molar-refractivity contribution in [2.24, 2.45) is 0 Å². The molecule has 1 aliphatic heterocycles. The Hall–Kier alpha value is -1.70. The van der Waals surface area contributed by atoms with Gasteiger partial charge in [-0.2, -0.15) is 24.9 Å². The second-order valence-electron chi connectivity index (χ2n) is 6.53. The number of allylic oxidation sites excluding steroid dienone is 1. The third-order valence-electron chi connectivity index (χ3n) is 4.29. The molecular formula is C20H15Cl2F4NOS. The number of halogens is 6. The number of hydrogen-bond donors (Lipinski definition) is 1. The fourth-order valence-corrected chi connectivity index (χ4v) is 3.95. The summed E-state index contributed by atoms with van der Waals surface area (Å²) in [7, 11) is 0. The highest BCUT2D eigenvalue weighted by molar-refractivity contribution is 8.00. The van der Waals surface area contributed by atoms with Crippen molar-refractivity contribution in [1.82, 2.24) is 5.32 Å². The molecular weight excluding hydrogens is 449 g/mol. The van der Waals surface area contributed by atoms with Crippen LogP contribution in [0.15, 0.2) is 42.5 Å². The van der Waals surface area contributed by atoms with Crippen LogP contribution in [0.4, 0.5) is 17.6 Å². The number of rotatable bonds is 5. The molecule has 1 amide bonds. The molecule has 0 bridgehead atoms. The highest BCUT2D eigenvalue weighted by Crippen LogP contribution is 2.38. The number of carbonyl (C=O) groups is 1. The Bertz CT molecular complexity index is 924. The van der Waals surface area contributed by atoms with Crippen molar-refractivity contribution < 1.29 is 22.4 Å². The van der Waals surface area contributed by atoms with Crippen molar-refractivity contribution in [3.63, 3.8) is 0 Å². The van der Waals surface area contributed by atoms with E-state index in [2.05, 4.69) is 5.32 Å². The summed E-state index contributed by atoms with van der Waals surface area (Å²) >= 11 is 13.3. The van der Waals surface area contributed by atoms with Crippen molar-refractivity contribution in [2.75, 3.05) is 11.5 Å². The maximum absolute atomic E-state index is 14.3. The lowest BCUT2D eigenvalue weighted by Crippen LogP contribution is -2.44. The molecule has 29 heavy (non-hydrogen) atoms. The monoisotopic (exact) mass is 463 g/mol. The lowest BCUT2D eigenvalue weighted by atomic mass is 9.97. The smallest absolute Gasteiger partial charge is 0.348 e. The molecule has 1 fully saturated rings. The molecule has 2 nitrogen and oxygen atoms in total. The summed E-state index contributed by atoms with van der Waals surface area (Å²) in [5, 5.41) is 2.87. The highest BCUT2D eigenvalue weighted by Gasteiger charge is 2.39. The molecule has 0 radical (unpaired) electrons. The van der Waals surface area contributed by atoms with E-state index in [9.17, 15) is 22.4 Å². The minimum atomic E-state index is -4.59. The fourth-order valence-electron chi connectivity index (χ4n) is 2.77. The number of amides is 1. The molecule has 3 rings (SSSR count). The molecule has 1 saturated heterocycles. The maximum Gasteiger partial charge on any atom is 0.399 e. The molecule has 0 spiro atoms. The molecule has 2 aromatic rings. The fraction of sp³-hybridized carbons (Fsp3) is 0.250. The van der Waals surface area contributed by atoms with Crippen LogP contribution in [0.25, 0.3) is 6.08 Å². The van der Waals surface area contributed by atoms with Gasteiger partial charge in [0.25, 0.3) is 5.91 Å². The number of nitrogens with one attached hydrogen (secondary N) is 1. The number of benzene rings is 2. The van der Waals surface area contributed by atoms with Crippen molar-refractivity contribution >= 4 is 46.9 Å². The number of alkyl halides is 3. The van der Waals surface area contributed by atoms with Gasteiger partial charge in [0.15, 0.2) is 0 Å². The molecule has 154 valence electrons. The summed E-state index contributed by atoms with van der Waals surface area (Å²) in [5.41, 5.74) is -0.0743. The standard InChI is InChI=1S/C20H15Cl2F4NOS/c21-13-6-12(7-14(22)8-13)17(20(24,25)26)4-2-11-1-3-16(18(23)5-11)19(28)27-15-9-29-10-15/h1-8,15,17H,9-10H2,(H,27,28). The third-order valence-corrected chi connectivity index (χ3v) is 6.00. The van der Waals surface area contributed by atoms with Gasteiger partial charge in [0.05, 0.1) is 11.5 Å². The molecule has 0 aromatic heterocycles. The average molecular weight is 464 g/mol. The molecule has 1 heterocycles. The molecule has 0 aliphatic carbocycles. The first kappa shape index (κ1) is 22.0. The van der Waals surface area contributed by atoms with Gasteiger partial charge in [-0.3, -0.25) is 4.79 Å². The zero-order valence-corrected chi connectivity index (χ0v) is 17.1. The second-order valence-corrected chi connectivity index (χ2v) is 8.48. The van der Waals surface area contributed by atoms with Gasteiger partial charge >= 0.3 is 6.18 Å². The van der Waals surface area contributed by atoms with Gasteiger partial charge in [0, 0.05) is 27.6 Å². The Balaban J connectivity index is 1.82. The SMILES string of the molecule is O=C(NC1CSC1)c1ccc(C=CC(c2cc(Cl)cc(Cl)c2)C(F)(F)F)cc1F. The lowest BCUT2D eigenvalue weighted by Gasteiger charge is -2.25. The molecule has 1 unspecified atom stereocenters. The predicted octanol–water partition coefficient (Wildman–Crippen LogP) is 6.34. The first-order valence-electron chi connectivity index (χ1n) is 8.52. The Kier molecular flexibility index (Phi) is 6.81. The number of hydrogen-bond acceptors (Lipinski definition) is 2. The Morgan fingerprint density at radius 1 is 1.14 bits per heavy atom. The minimum absolute atomic E-state index is 0.0172. The van der Waals surface area contributed by atoms with E-state index in [1.54, 1.807) is 11.8 Å². The molecule has 2 aromatic carbocycles. The predicted molar refractivity (Wildman–Crippen MR) is 109 cm³/mol. The molecule has 0 saturated carbocycles. The Morgan fingerprint density at radius 2 is 1.79 bits per heavy atom. The van der Waals surface area contributed by atoms with Crippen LogP contribution >= 0.6 is 35.0 Å². The summed E-state index contributed by atoms with van der Waals surface area (Å²) in [4.78, 5) is 12.1. The van der Waals surface area contributed by atoms with Crippen LogP contribution in [0.5, 0.6) is 0 Å². The number of carbonyl (C=O) groups excluding carboxylic acids is 1. The molecule has 1 N–H and O–H groups in total. The van der Waals surface area contributed by atoms with Crippen LogP contribution in [0.3, 0.4) is 0 Å². The summed E-state index contributed by atoms with van der Waals surface area (Å²) in [6.45, 7) is 0. The van der Waals surface area contributed by atoms with Crippen molar-refractivity contribution in [3.8, 4) is 0 Å². The quantitative estimate of drug-likeness (QED) is 0.524. The van der Waals surface area contributed by atoms with Crippen molar-refractivity contribution in [3.05, 3.63) is 75.0 Å². The third kappa shape index (κ3) is 5.68. The van der Waals surface area contributed by atoms with Crippen molar-refractivity contribution in [2.45, 2.75) is 18.1 Å². The van der Waals surface area contributed by atoms with E-state index in [0.29, 0.717) is 0 Å². The largest absolute Gasteiger partial charge is 0.399 e. The van der Waals surface area contributed by atoms with Gasteiger partial charge in [-0.05, 0) is 41.5 Å². The summed E-state index contributed by atoms with van der Waals surface area (Å²) in [6, 6.07) is 7.40. The van der Waals surface area contributed by atoms with Crippen LogP contribution in [-0.4, -0.2) is 29.6 Å². The zero-order valence-electron chi connectivity index (χ0n) is 14.8. The van der Waals surface area contributed by atoms with E-state index >= 15 is 0 Å². The first-order chi connectivity index (χ1) is 13.6. The van der Waals surface area contributed by atoms with Gasteiger partial charge in [-0.1, -0.05) is 41.4 Å². The molecule has 1 aliphatic rings. The van der Waals surface area contributed by atoms with Crippen LogP contribution in [-0.2, 0) is 0 Å². The normalized spacial score (nSPS) is 15.9. The number of thioether (sulfide) groups is 1. The van der Waals surface area contributed by atoms with Crippen LogP contribution in [0, 0.1) is 5.82 Å². The van der Waals surface area contributed by atoms with Crippen LogP contribution in [0.2, 0.25) is 10.0 Å². The van der Waals surface area contributed by atoms with Crippen molar-refractivity contribution in [1.29, 1.82) is 0 Å². The first-order valence-corrected chi connectivity index (χ1v) is 10.4. The molecule has 1 atom stereocenters. The maximum atomic E-state index is 14.3. The lowest BCUT2D eigenvalue weighted by molar-refractivity contribution is -0.139. The Morgan fingerprint density at radius 3 is 2.31 bits per heavy atom. The van der Waals surface area contributed by atoms with E-state index in [1.165, 1.54) is 30.3 Å². The highest BCUT2D eigenvalue weighted by atomic mass is 35.5.